The highest BCUT2D eigenvalue weighted by atomic mass is 16.1. The minimum Gasteiger partial charge on any atom is -0.398 e. The molecule has 7 heteroatoms. The fraction of sp³-hybridized carbons (Fsp3) is 0.367. The first-order valence-corrected chi connectivity index (χ1v) is 13.3. The van der Waals surface area contributed by atoms with Crippen LogP contribution < -0.4 is 10.6 Å². The molecule has 0 radical (unpaired) electrons. The molecule has 1 aliphatic heterocycles. The van der Waals surface area contributed by atoms with Gasteiger partial charge in [0.2, 0.25) is 0 Å². The second kappa shape index (κ2) is 9.87. The minimum absolute atomic E-state index is 0.127. The van der Waals surface area contributed by atoms with Crippen molar-refractivity contribution in [2.45, 2.75) is 38.5 Å². The number of nitrogen functional groups attached to an aromatic ring is 1. The Bertz CT molecular complexity index is 1520. The summed E-state index contributed by atoms with van der Waals surface area (Å²) in [5.74, 6) is 0.127. The van der Waals surface area contributed by atoms with E-state index in [-0.39, 0.29) is 5.78 Å². The lowest BCUT2D eigenvalue weighted by Gasteiger charge is -2.37. The molecule has 0 unspecified atom stereocenters. The number of nitrogens with two attached hydrogens (primary N) is 1. The van der Waals surface area contributed by atoms with Crippen molar-refractivity contribution in [1.29, 1.82) is 5.26 Å². The summed E-state index contributed by atoms with van der Waals surface area (Å²) in [5.41, 5.74) is 14.5. The van der Waals surface area contributed by atoms with Gasteiger partial charge >= 0.3 is 0 Å². The van der Waals surface area contributed by atoms with E-state index >= 15 is 0 Å². The van der Waals surface area contributed by atoms with Gasteiger partial charge in [0.1, 0.15) is 0 Å². The number of aromatic amines is 1. The number of fused-ring (bicyclic) bond motifs is 3. The number of aryl methyl sites for hydroxylation is 1. The summed E-state index contributed by atoms with van der Waals surface area (Å²) >= 11 is 0. The first kappa shape index (κ1) is 23.5. The van der Waals surface area contributed by atoms with Gasteiger partial charge in [0, 0.05) is 77.7 Å². The Labute approximate surface area is 216 Å². The molecule has 0 saturated carbocycles. The van der Waals surface area contributed by atoms with E-state index in [0.717, 1.165) is 79.5 Å². The third-order valence-corrected chi connectivity index (χ3v) is 8.01. The Balaban J connectivity index is 1.08. The van der Waals surface area contributed by atoms with Crippen molar-refractivity contribution in [3.05, 3.63) is 65.0 Å². The van der Waals surface area contributed by atoms with Crippen molar-refractivity contribution in [3.8, 4) is 6.07 Å². The zero-order chi connectivity index (χ0) is 25.4. The number of ketones is 1. The van der Waals surface area contributed by atoms with Crippen LogP contribution in [0.3, 0.4) is 0 Å². The van der Waals surface area contributed by atoms with Crippen LogP contribution in [0, 0.1) is 11.3 Å². The summed E-state index contributed by atoms with van der Waals surface area (Å²) in [5, 5.41) is 11.1. The molecule has 7 nitrogen and oxygen atoms in total. The Kier molecular flexibility index (Phi) is 6.27. The van der Waals surface area contributed by atoms with E-state index in [2.05, 4.69) is 39.1 Å². The summed E-state index contributed by atoms with van der Waals surface area (Å²) in [4.78, 5) is 25.9. The highest BCUT2D eigenvalue weighted by molar-refractivity contribution is 6.08. The molecule has 1 fully saturated rings. The molecule has 37 heavy (non-hydrogen) atoms. The van der Waals surface area contributed by atoms with Crippen molar-refractivity contribution in [2.24, 2.45) is 0 Å². The molecule has 188 valence electrons. The second-order valence-corrected chi connectivity index (χ2v) is 10.3. The number of carbonyl (C=O) groups excluding carboxylic acids is 1. The number of carbonyl (C=O) groups is 1. The number of hydrogen-bond donors (Lipinski definition) is 2. The summed E-state index contributed by atoms with van der Waals surface area (Å²) < 4.78 is 0. The largest absolute Gasteiger partial charge is 0.398 e. The maximum atomic E-state index is 12.9. The molecule has 1 aliphatic carbocycles. The predicted molar refractivity (Wildman–Crippen MR) is 148 cm³/mol. The van der Waals surface area contributed by atoms with E-state index in [4.69, 9.17) is 10.7 Å². The molecule has 0 spiro atoms. The highest BCUT2D eigenvalue weighted by Gasteiger charge is 2.23. The number of aromatic nitrogens is 2. The third kappa shape index (κ3) is 4.42. The van der Waals surface area contributed by atoms with Gasteiger partial charge in [-0.2, -0.15) is 5.26 Å². The topological polar surface area (TPSA) is 102 Å². The lowest BCUT2D eigenvalue weighted by molar-refractivity contribution is 0.0976. The lowest BCUT2D eigenvalue weighted by Crippen LogP contribution is -2.46. The van der Waals surface area contributed by atoms with Crippen LogP contribution in [0.2, 0.25) is 0 Å². The van der Waals surface area contributed by atoms with Gasteiger partial charge in [0.15, 0.2) is 5.78 Å². The monoisotopic (exact) mass is 492 g/mol. The van der Waals surface area contributed by atoms with E-state index in [1.165, 1.54) is 29.8 Å². The van der Waals surface area contributed by atoms with Crippen LogP contribution in [0.15, 0.2) is 42.6 Å². The maximum Gasteiger partial charge on any atom is 0.165 e. The second-order valence-electron chi connectivity index (χ2n) is 10.3. The zero-order valence-electron chi connectivity index (χ0n) is 21.1. The molecule has 0 atom stereocenters. The Morgan fingerprint density at radius 1 is 1.11 bits per heavy atom. The molecular weight excluding hydrogens is 460 g/mol. The molecule has 4 aromatic rings. The Morgan fingerprint density at radius 2 is 1.95 bits per heavy atom. The van der Waals surface area contributed by atoms with Crippen molar-refractivity contribution < 1.29 is 4.79 Å². The predicted octanol–water partition coefficient (Wildman–Crippen LogP) is 4.83. The number of nitrogens with one attached hydrogen (secondary N) is 1. The molecule has 1 saturated heterocycles. The van der Waals surface area contributed by atoms with Crippen LogP contribution in [0.25, 0.3) is 21.8 Å². The zero-order valence-corrected chi connectivity index (χ0v) is 21.1. The standard InChI is InChI=1S/C30H32N6O/c31-18-20-10-11-24-22(17-20)23(19-33-24)28(37)9-4-12-35-13-15-36(16-14-35)27-8-3-7-26-29(27)30(32)21-5-1-2-6-25(21)34-26/h3,7-8,10-11,17,19,33H,1-2,4-6,9,12-16H2,(H2,32,34). The SMILES string of the molecule is N#Cc1ccc2[nH]cc(C(=O)CCCN3CCN(c4cccc5nc6c(c(N)c45)CCCC6)CC3)c2c1. The number of nitrogens with zero attached hydrogens (tertiary/aromatic N) is 4. The van der Waals surface area contributed by atoms with Crippen LogP contribution in [-0.4, -0.2) is 53.4 Å². The maximum absolute atomic E-state index is 12.9. The fourth-order valence-electron chi connectivity index (χ4n) is 5.99. The van der Waals surface area contributed by atoms with Gasteiger partial charge in [-0.3, -0.25) is 14.7 Å². The van der Waals surface area contributed by atoms with Crippen molar-refractivity contribution in [1.82, 2.24) is 14.9 Å². The first-order valence-electron chi connectivity index (χ1n) is 13.3. The highest BCUT2D eigenvalue weighted by Crippen LogP contribution is 2.37. The van der Waals surface area contributed by atoms with Crippen molar-refractivity contribution in [3.63, 3.8) is 0 Å². The van der Waals surface area contributed by atoms with Crippen LogP contribution in [0.1, 0.15) is 52.9 Å². The van der Waals surface area contributed by atoms with E-state index in [1.54, 1.807) is 18.3 Å². The number of anilines is 2. The van der Waals surface area contributed by atoms with E-state index in [1.807, 2.05) is 6.07 Å². The third-order valence-electron chi connectivity index (χ3n) is 8.01. The van der Waals surface area contributed by atoms with Gasteiger partial charge < -0.3 is 15.6 Å². The van der Waals surface area contributed by atoms with Gasteiger partial charge in [-0.1, -0.05) is 6.07 Å². The first-order chi connectivity index (χ1) is 18.1. The average Bonchev–Trinajstić information content (AvgIpc) is 3.36. The number of nitriles is 1. The summed E-state index contributed by atoms with van der Waals surface area (Å²) in [6, 6.07) is 14.0. The molecule has 6 rings (SSSR count). The minimum atomic E-state index is 0.127. The van der Waals surface area contributed by atoms with Gasteiger partial charge in [-0.25, -0.2) is 0 Å². The van der Waals surface area contributed by atoms with E-state index in [0.29, 0.717) is 17.5 Å². The number of H-pyrrole nitrogens is 1. The number of hydrogen-bond acceptors (Lipinski definition) is 6. The fourth-order valence-corrected chi connectivity index (χ4v) is 5.99. The molecule has 3 heterocycles. The van der Waals surface area contributed by atoms with E-state index < -0.39 is 0 Å². The Hall–Kier alpha value is -3.89. The number of piperazine rings is 1. The van der Waals surface area contributed by atoms with Gasteiger partial charge in [-0.05, 0) is 74.5 Å². The quantitative estimate of drug-likeness (QED) is 0.374. The number of pyridine rings is 1. The number of Topliss-reactive ketones (excluding diaryl/α,β-unsaturated/α-hetero) is 1. The smallest absolute Gasteiger partial charge is 0.165 e. The normalized spacial score (nSPS) is 16.1. The molecule has 0 bridgehead atoms. The van der Waals surface area contributed by atoms with Gasteiger partial charge in [0.05, 0.1) is 17.1 Å². The van der Waals surface area contributed by atoms with Crippen LogP contribution >= 0.6 is 0 Å². The molecule has 2 aromatic carbocycles. The molecule has 0 amide bonds. The summed E-state index contributed by atoms with van der Waals surface area (Å²) in [7, 11) is 0. The van der Waals surface area contributed by atoms with Crippen molar-refractivity contribution >= 4 is 39.0 Å². The lowest BCUT2D eigenvalue weighted by atomic mass is 9.92. The van der Waals surface area contributed by atoms with Crippen molar-refractivity contribution in [2.75, 3.05) is 43.4 Å². The van der Waals surface area contributed by atoms with Crippen LogP contribution in [0.5, 0.6) is 0 Å². The molecule has 2 aromatic heterocycles. The summed E-state index contributed by atoms with van der Waals surface area (Å²) in [6.45, 7) is 4.69. The number of benzene rings is 2. The number of rotatable bonds is 6. The molecule has 3 N–H and O–H groups in total. The average molecular weight is 493 g/mol. The van der Waals surface area contributed by atoms with Crippen LogP contribution in [-0.2, 0) is 12.8 Å². The van der Waals surface area contributed by atoms with Crippen LogP contribution in [0.4, 0.5) is 11.4 Å². The Morgan fingerprint density at radius 3 is 2.78 bits per heavy atom. The molecule has 2 aliphatic rings. The van der Waals surface area contributed by atoms with Gasteiger partial charge in [0.25, 0.3) is 0 Å². The summed E-state index contributed by atoms with van der Waals surface area (Å²) in [6.07, 6.45) is 7.54. The molecular formula is C30H32N6O. The van der Waals surface area contributed by atoms with Gasteiger partial charge in [-0.15, -0.1) is 0 Å². The van der Waals surface area contributed by atoms with E-state index in [9.17, 15) is 10.1 Å².